The van der Waals surface area contributed by atoms with Crippen LogP contribution in [-0.4, -0.2) is 40.5 Å². The molecule has 150 valence electrons. The third-order valence-electron chi connectivity index (χ3n) is 3.83. The first kappa shape index (κ1) is 21.2. The smallest absolute Gasteiger partial charge is 0.248 e. The Hall–Kier alpha value is -3.11. The summed E-state index contributed by atoms with van der Waals surface area (Å²) >= 11 is 0. The van der Waals surface area contributed by atoms with Gasteiger partial charge in [-0.2, -0.15) is 4.72 Å². The molecule has 4 N–H and O–H groups in total. The normalized spacial score (nSPS) is 12.1. The molecule has 2 amide bonds. The Morgan fingerprint density at radius 2 is 1.61 bits per heavy atom. The van der Waals surface area contributed by atoms with Gasteiger partial charge in [-0.05, 0) is 43.3 Å². The summed E-state index contributed by atoms with van der Waals surface area (Å²) in [6, 6.07) is 8.94. The quantitative estimate of drug-likeness (QED) is 0.599. The predicted molar refractivity (Wildman–Crippen MR) is 103 cm³/mol. The summed E-state index contributed by atoms with van der Waals surface area (Å²) in [5, 5.41) is 2.56. The fourth-order valence-corrected chi connectivity index (χ4v) is 3.52. The minimum atomic E-state index is -3.98. The lowest BCUT2D eigenvalue weighted by molar-refractivity contribution is -0.117. The van der Waals surface area contributed by atoms with Crippen molar-refractivity contribution in [2.24, 2.45) is 5.73 Å². The molecule has 1 atom stereocenters. The Labute approximate surface area is 162 Å². The second-order valence-corrected chi connectivity index (χ2v) is 7.50. The van der Waals surface area contributed by atoms with Crippen molar-refractivity contribution in [3.8, 4) is 11.5 Å². The lowest BCUT2D eigenvalue weighted by Crippen LogP contribution is -2.41. The number of methoxy groups -OCH3 is 2. The third kappa shape index (κ3) is 4.99. The van der Waals surface area contributed by atoms with Crippen LogP contribution < -0.4 is 25.2 Å². The number of carbonyl (C=O) groups excluding carboxylic acids is 2. The van der Waals surface area contributed by atoms with E-state index in [2.05, 4.69) is 10.0 Å². The van der Waals surface area contributed by atoms with Crippen LogP contribution in [0.1, 0.15) is 17.3 Å². The van der Waals surface area contributed by atoms with E-state index in [1.54, 1.807) is 0 Å². The number of sulfonamides is 1. The van der Waals surface area contributed by atoms with Gasteiger partial charge in [-0.1, -0.05) is 0 Å². The molecule has 0 aliphatic carbocycles. The predicted octanol–water partition coefficient (Wildman–Crippen LogP) is 1.11. The maximum atomic E-state index is 12.5. The topological polar surface area (TPSA) is 137 Å². The summed E-state index contributed by atoms with van der Waals surface area (Å²) in [7, 11) is -1.15. The number of hydrogen-bond acceptors (Lipinski definition) is 6. The first-order valence-corrected chi connectivity index (χ1v) is 9.61. The summed E-state index contributed by atoms with van der Waals surface area (Å²) in [6.45, 7) is 1.41. The number of amides is 2. The summed E-state index contributed by atoms with van der Waals surface area (Å²) in [5.41, 5.74) is 5.84. The number of rotatable bonds is 8. The highest BCUT2D eigenvalue weighted by molar-refractivity contribution is 7.89. The van der Waals surface area contributed by atoms with Crippen molar-refractivity contribution < 1.29 is 27.5 Å². The molecule has 0 saturated heterocycles. The van der Waals surface area contributed by atoms with Gasteiger partial charge in [0.25, 0.3) is 0 Å². The van der Waals surface area contributed by atoms with E-state index in [0.717, 1.165) is 0 Å². The van der Waals surface area contributed by atoms with Gasteiger partial charge in [-0.3, -0.25) is 9.59 Å². The second kappa shape index (κ2) is 8.72. The highest BCUT2D eigenvalue weighted by Gasteiger charge is 2.23. The van der Waals surface area contributed by atoms with Crippen LogP contribution in [-0.2, 0) is 14.8 Å². The van der Waals surface area contributed by atoms with Crippen molar-refractivity contribution in [3.05, 3.63) is 48.0 Å². The van der Waals surface area contributed by atoms with Crippen LogP contribution in [0.15, 0.2) is 47.4 Å². The molecule has 10 heteroatoms. The highest BCUT2D eigenvalue weighted by Crippen LogP contribution is 2.29. The molecule has 0 aliphatic heterocycles. The van der Waals surface area contributed by atoms with Crippen molar-refractivity contribution in [3.63, 3.8) is 0 Å². The van der Waals surface area contributed by atoms with Gasteiger partial charge in [0.15, 0.2) is 11.5 Å². The molecule has 0 heterocycles. The van der Waals surface area contributed by atoms with E-state index in [1.807, 2.05) is 0 Å². The number of nitrogens with two attached hydrogens (primary N) is 1. The number of nitrogens with one attached hydrogen (secondary N) is 2. The number of primary amides is 1. The fraction of sp³-hybridized carbons (Fsp3) is 0.222. The van der Waals surface area contributed by atoms with Crippen molar-refractivity contribution >= 4 is 27.5 Å². The van der Waals surface area contributed by atoms with Gasteiger partial charge in [0.2, 0.25) is 21.8 Å². The molecule has 0 radical (unpaired) electrons. The molecule has 2 rings (SSSR count). The van der Waals surface area contributed by atoms with Crippen molar-refractivity contribution in [2.75, 3.05) is 19.5 Å². The number of hydrogen-bond donors (Lipinski definition) is 3. The molecule has 0 bridgehead atoms. The van der Waals surface area contributed by atoms with Crippen LogP contribution in [0.3, 0.4) is 0 Å². The second-order valence-electron chi connectivity index (χ2n) is 5.79. The fourth-order valence-electron chi connectivity index (χ4n) is 2.31. The first-order valence-electron chi connectivity index (χ1n) is 8.13. The van der Waals surface area contributed by atoms with Gasteiger partial charge < -0.3 is 20.5 Å². The number of ether oxygens (including phenoxy) is 2. The summed E-state index contributed by atoms with van der Waals surface area (Å²) in [5.74, 6) is -0.534. The minimum Gasteiger partial charge on any atom is -0.493 e. The molecule has 1 unspecified atom stereocenters. The SMILES string of the molecule is COc1ccc(S(=O)(=O)NC(C)C(=O)Nc2ccc(C(N)=O)cc2)cc1OC. The largest absolute Gasteiger partial charge is 0.493 e. The standard InChI is InChI=1S/C18H21N3O6S/c1-11(18(23)20-13-6-4-12(5-7-13)17(19)22)21-28(24,25)14-8-9-15(26-2)16(10-14)27-3/h4-11,21H,1-3H3,(H2,19,22)(H,20,23). The van der Waals surface area contributed by atoms with E-state index in [0.29, 0.717) is 17.0 Å². The number of anilines is 1. The zero-order valence-electron chi connectivity index (χ0n) is 15.6. The minimum absolute atomic E-state index is 0.0735. The molecular weight excluding hydrogens is 386 g/mol. The van der Waals surface area contributed by atoms with Crippen molar-refractivity contribution in [1.29, 1.82) is 0 Å². The Kier molecular flexibility index (Phi) is 6.60. The van der Waals surface area contributed by atoms with Gasteiger partial charge in [0, 0.05) is 17.3 Å². The Bertz CT molecular complexity index is 973. The van der Waals surface area contributed by atoms with Crippen molar-refractivity contribution in [2.45, 2.75) is 17.9 Å². The molecule has 2 aromatic rings. The monoisotopic (exact) mass is 407 g/mol. The van der Waals surface area contributed by atoms with Gasteiger partial charge in [0.05, 0.1) is 25.2 Å². The number of benzene rings is 2. The van der Waals surface area contributed by atoms with E-state index in [9.17, 15) is 18.0 Å². The van der Waals surface area contributed by atoms with E-state index in [-0.39, 0.29) is 10.6 Å². The van der Waals surface area contributed by atoms with Crippen LogP contribution >= 0.6 is 0 Å². The van der Waals surface area contributed by atoms with Gasteiger partial charge in [-0.25, -0.2) is 8.42 Å². The summed E-state index contributed by atoms with van der Waals surface area (Å²) in [6.07, 6.45) is 0. The van der Waals surface area contributed by atoms with Gasteiger partial charge in [0.1, 0.15) is 0 Å². The summed E-state index contributed by atoms with van der Waals surface area (Å²) in [4.78, 5) is 23.3. The molecule has 0 aliphatic rings. The van der Waals surface area contributed by atoms with Gasteiger partial charge in [-0.15, -0.1) is 0 Å². The third-order valence-corrected chi connectivity index (χ3v) is 5.37. The molecule has 9 nitrogen and oxygen atoms in total. The van der Waals surface area contributed by atoms with Crippen LogP contribution in [0.5, 0.6) is 11.5 Å². The van der Waals surface area contributed by atoms with Crippen LogP contribution in [0, 0.1) is 0 Å². The van der Waals surface area contributed by atoms with E-state index in [4.69, 9.17) is 15.2 Å². The Morgan fingerprint density at radius 3 is 2.14 bits per heavy atom. The van der Waals surface area contributed by atoms with E-state index < -0.39 is 27.9 Å². The van der Waals surface area contributed by atoms with E-state index >= 15 is 0 Å². The molecular formula is C18H21N3O6S. The maximum Gasteiger partial charge on any atom is 0.248 e. The zero-order valence-corrected chi connectivity index (χ0v) is 16.4. The summed E-state index contributed by atoms with van der Waals surface area (Å²) < 4.78 is 37.6. The zero-order chi connectivity index (χ0) is 20.9. The van der Waals surface area contributed by atoms with E-state index in [1.165, 1.54) is 63.6 Å². The van der Waals surface area contributed by atoms with Crippen LogP contribution in [0.25, 0.3) is 0 Å². The van der Waals surface area contributed by atoms with Gasteiger partial charge >= 0.3 is 0 Å². The molecule has 28 heavy (non-hydrogen) atoms. The molecule has 2 aromatic carbocycles. The molecule has 0 aromatic heterocycles. The molecule has 0 spiro atoms. The lowest BCUT2D eigenvalue weighted by atomic mass is 10.2. The molecule has 0 fully saturated rings. The number of carbonyl (C=O) groups is 2. The van der Waals surface area contributed by atoms with Crippen LogP contribution in [0.2, 0.25) is 0 Å². The average molecular weight is 407 g/mol. The first-order chi connectivity index (χ1) is 13.2. The average Bonchev–Trinajstić information content (AvgIpc) is 2.67. The molecule has 0 saturated carbocycles. The Balaban J connectivity index is 2.10. The lowest BCUT2D eigenvalue weighted by Gasteiger charge is -2.15. The van der Waals surface area contributed by atoms with Crippen LogP contribution in [0.4, 0.5) is 5.69 Å². The van der Waals surface area contributed by atoms with Crippen molar-refractivity contribution in [1.82, 2.24) is 4.72 Å². The highest BCUT2D eigenvalue weighted by atomic mass is 32.2. The maximum absolute atomic E-state index is 12.5. The Morgan fingerprint density at radius 1 is 1.00 bits per heavy atom.